The molecule has 2 N–H and O–H groups in total. The molecule has 0 amide bonds. The molecular weight excluding hydrogens is 178 g/mol. The Morgan fingerprint density at radius 1 is 1.64 bits per heavy atom. The van der Waals surface area contributed by atoms with Gasteiger partial charge in [-0.1, -0.05) is 18.9 Å². The normalized spacial score (nSPS) is 12.3. The van der Waals surface area contributed by atoms with E-state index in [9.17, 15) is 4.79 Å². The Morgan fingerprint density at radius 3 is 2.57 bits per heavy atom. The molecule has 0 aliphatic rings. The van der Waals surface area contributed by atoms with E-state index in [-0.39, 0.29) is 0 Å². The third-order valence-corrected chi connectivity index (χ3v) is 1.91. The van der Waals surface area contributed by atoms with Crippen LogP contribution in [-0.2, 0) is 4.79 Å². The lowest BCUT2D eigenvalue weighted by atomic mass is 10.1. The van der Waals surface area contributed by atoms with E-state index in [1.807, 2.05) is 20.8 Å². The number of hydrogen-bond acceptors (Lipinski definition) is 2. The molecule has 0 saturated carbocycles. The second-order valence-corrected chi connectivity index (χ2v) is 3.54. The van der Waals surface area contributed by atoms with E-state index in [0.29, 0.717) is 18.5 Å². The van der Waals surface area contributed by atoms with Crippen molar-refractivity contribution < 1.29 is 9.90 Å². The number of rotatable bonds is 5. The Labute approximate surface area is 85.2 Å². The Bertz CT molecular complexity index is 272. The van der Waals surface area contributed by atoms with Gasteiger partial charge in [-0.3, -0.25) is 5.32 Å². The van der Waals surface area contributed by atoms with E-state index in [2.05, 4.69) is 11.2 Å². The molecule has 0 spiro atoms. The fourth-order valence-corrected chi connectivity index (χ4v) is 0.863. The minimum atomic E-state index is -0.868. The predicted molar refractivity (Wildman–Crippen MR) is 56.9 cm³/mol. The zero-order valence-electron chi connectivity index (χ0n) is 8.92. The summed E-state index contributed by atoms with van der Waals surface area (Å²) in [7, 11) is 0. The average molecular weight is 195 g/mol. The summed E-state index contributed by atoms with van der Waals surface area (Å²) in [4.78, 5) is 10.6. The van der Waals surface area contributed by atoms with E-state index in [4.69, 9.17) is 11.5 Å². The van der Waals surface area contributed by atoms with Gasteiger partial charge in [-0.25, -0.2) is 4.79 Å². The van der Waals surface area contributed by atoms with E-state index >= 15 is 0 Å². The van der Waals surface area contributed by atoms with Gasteiger partial charge in [0.05, 0.1) is 5.54 Å². The van der Waals surface area contributed by atoms with Crippen molar-refractivity contribution in [2.45, 2.75) is 32.7 Å². The molecule has 0 atom stereocenters. The summed E-state index contributed by atoms with van der Waals surface area (Å²) in [5.41, 5.74) is 0.0127. The number of aliphatic carboxylic acids is 1. The van der Waals surface area contributed by atoms with Gasteiger partial charge in [0.15, 0.2) is 0 Å². The molecule has 0 fully saturated rings. The number of nitrogens with one attached hydrogen (secondary N) is 1. The van der Waals surface area contributed by atoms with Gasteiger partial charge in [-0.2, -0.15) is 0 Å². The molecule has 0 rings (SSSR count). The Hall–Kier alpha value is -1.27. The molecule has 0 aliphatic carbocycles. The summed E-state index contributed by atoms with van der Waals surface area (Å²) in [6.07, 6.45) is 7.44. The number of hydrogen-bond donors (Lipinski definition) is 2. The molecule has 0 aliphatic heterocycles. The molecule has 0 saturated heterocycles. The second kappa shape index (κ2) is 5.46. The largest absolute Gasteiger partial charge is 0.478 e. The van der Waals surface area contributed by atoms with E-state index in [1.165, 1.54) is 0 Å². The van der Waals surface area contributed by atoms with Crippen LogP contribution in [0.3, 0.4) is 0 Å². The van der Waals surface area contributed by atoms with E-state index in [1.54, 1.807) is 6.08 Å². The van der Waals surface area contributed by atoms with Crippen molar-refractivity contribution in [1.29, 1.82) is 0 Å². The minimum absolute atomic E-state index is 0.395. The Balaban J connectivity index is 4.17. The molecule has 0 heterocycles. The number of terminal acetylenes is 1. The third kappa shape index (κ3) is 4.68. The standard InChI is InChI=1S/C11H17NO2/c1-5-9(10(13)14)7-8-12-11(3,4)6-2/h2,7,12H,5,8H2,1,3-4H3,(H,13,14). The van der Waals surface area contributed by atoms with Crippen molar-refractivity contribution in [3.05, 3.63) is 11.6 Å². The summed E-state index contributed by atoms with van der Waals surface area (Å²) >= 11 is 0. The molecule has 0 aromatic carbocycles. The van der Waals surface area contributed by atoms with Gasteiger partial charge < -0.3 is 5.11 Å². The molecule has 3 nitrogen and oxygen atoms in total. The van der Waals surface area contributed by atoms with Crippen LogP contribution in [-0.4, -0.2) is 23.2 Å². The average Bonchev–Trinajstić information content (AvgIpc) is 2.12. The van der Waals surface area contributed by atoms with Gasteiger partial charge in [-0.15, -0.1) is 6.42 Å². The maximum absolute atomic E-state index is 10.6. The molecular formula is C11H17NO2. The van der Waals surface area contributed by atoms with Crippen molar-refractivity contribution in [3.63, 3.8) is 0 Å². The van der Waals surface area contributed by atoms with Gasteiger partial charge in [0, 0.05) is 12.1 Å². The quantitative estimate of drug-likeness (QED) is 0.515. The molecule has 0 unspecified atom stereocenters. The van der Waals surface area contributed by atoms with Gasteiger partial charge in [0.2, 0.25) is 0 Å². The lowest BCUT2D eigenvalue weighted by Gasteiger charge is -2.18. The van der Waals surface area contributed by atoms with E-state index < -0.39 is 11.5 Å². The van der Waals surface area contributed by atoms with Crippen LogP contribution in [0.5, 0.6) is 0 Å². The summed E-state index contributed by atoms with van der Waals surface area (Å²) in [6, 6.07) is 0. The molecule has 14 heavy (non-hydrogen) atoms. The molecule has 3 heteroatoms. The molecule has 0 aromatic rings. The van der Waals surface area contributed by atoms with Crippen LogP contribution >= 0.6 is 0 Å². The van der Waals surface area contributed by atoms with Crippen molar-refractivity contribution >= 4 is 5.97 Å². The lowest BCUT2D eigenvalue weighted by molar-refractivity contribution is -0.132. The Kier molecular flexibility index (Phi) is 4.96. The molecule has 0 bridgehead atoms. The van der Waals surface area contributed by atoms with Crippen LogP contribution in [0.2, 0.25) is 0 Å². The van der Waals surface area contributed by atoms with Crippen molar-refractivity contribution in [2.24, 2.45) is 0 Å². The summed E-state index contributed by atoms with van der Waals surface area (Å²) in [5.74, 6) is 1.71. The molecule has 0 radical (unpaired) electrons. The highest BCUT2D eigenvalue weighted by Gasteiger charge is 2.11. The highest BCUT2D eigenvalue weighted by molar-refractivity contribution is 5.86. The van der Waals surface area contributed by atoms with E-state index in [0.717, 1.165) is 0 Å². The van der Waals surface area contributed by atoms with Crippen LogP contribution < -0.4 is 5.32 Å². The Morgan fingerprint density at radius 2 is 2.21 bits per heavy atom. The monoisotopic (exact) mass is 195 g/mol. The van der Waals surface area contributed by atoms with Gasteiger partial charge in [0.25, 0.3) is 0 Å². The first-order valence-electron chi connectivity index (χ1n) is 4.58. The van der Waals surface area contributed by atoms with Crippen LogP contribution in [0.1, 0.15) is 27.2 Å². The van der Waals surface area contributed by atoms with Gasteiger partial charge in [0.1, 0.15) is 0 Å². The number of carbonyl (C=O) groups is 1. The number of carboxylic acid groups (broad SMARTS) is 1. The zero-order valence-corrected chi connectivity index (χ0v) is 8.92. The molecule has 78 valence electrons. The van der Waals surface area contributed by atoms with Crippen molar-refractivity contribution in [3.8, 4) is 12.3 Å². The predicted octanol–water partition coefficient (Wildman–Crippen LogP) is 1.41. The topological polar surface area (TPSA) is 49.3 Å². The molecule has 0 aromatic heterocycles. The summed E-state index contributed by atoms with van der Waals surface area (Å²) in [6.45, 7) is 6.03. The first kappa shape index (κ1) is 12.7. The summed E-state index contributed by atoms with van der Waals surface area (Å²) in [5, 5.41) is 11.8. The lowest BCUT2D eigenvalue weighted by Crippen LogP contribution is -2.37. The van der Waals surface area contributed by atoms with Crippen molar-refractivity contribution in [1.82, 2.24) is 5.32 Å². The number of carboxylic acids is 1. The van der Waals surface area contributed by atoms with Crippen LogP contribution in [0, 0.1) is 12.3 Å². The van der Waals surface area contributed by atoms with Gasteiger partial charge >= 0.3 is 5.97 Å². The third-order valence-electron chi connectivity index (χ3n) is 1.91. The van der Waals surface area contributed by atoms with Crippen LogP contribution in [0.15, 0.2) is 11.6 Å². The van der Waals surface area contributed by atoms with Crippen LogP contribution in [0.25, 0.3) is 0 Å². The van der Waals surface area contributed by atoms with Crippen LogP contribution in [0.4, 0.5) is 0 Å². The second-order valence-electron chi connectivity index (χ2n) is 3.54. The maximum atomic E-state index is 10.6. The SMILES string of the molecule is C#CC(C)(C)NCC=C(CC)C(=O)O. The zero-order chi connectivity index (χ0) is 11.2. The maximum Gasteiger partial charge on any atom is 0.331 e. The summed E-state index contributed by atoms with van der Waals surface area (Å²) < 4.78 is 0. The first-order valence-corrected chi connectivity index (χ1v) is 4.58. The fraction of sp³-hybridized carbons (Fsp3) is 0.545. The fourth-order valence-electron chi connectivity index (χ4n) is 0.863. The highest BCUT2D eigenvalue weighted by atomic mass is 16.4. The minimum Gasteiger partial charge on any atom is -0.478 e. The highest BCUT2D eigenvalue weighted by Crippen LogP contribution is 2.01. The van der Waals surface area contributed by atoms with Gasteiger partial charge in [-0.05, 0) is 20.3 Å². The first-order chi connectivity index (χ1) is 6.43. The van der Waals surface area contributed by atoms with Crippen molar-refractivity contribution in [2.75, 3.05) is 6.54 Å². The smallest absolute Gasteiger partial charge is 0.331 e.